The Morgan fingerprint density at radius 2 is 1.89 bits per heavy atom. The van der Waals surface area contributed by atoms with Crippen molar-refractivity contribution in [2.24, 2.45) is 0 Å². The quantitative estimate of drug-likeness (QED) is 0.872. The van der Waals surface area contributed by atoms with Gasteiger partial charge in [0.1, 0.15) is 0 Å². The van der Waals surface area contributed by atoms with Gasteiger partial charge in [-0.05, 0) is 56.1 Å². The molecule has 1 aromatic carbocycles. The number of hydrogen-bond acceptors (Lipinski definition) is 4. The lowest BCUT2D eigenvalue weighted by molar-refractivity contribution is 0.327. The van der Waals surface area contributed by atoms with E-state index in [2.05, 4.69) is 27.4 Å². The lowest BCUT2D eigenvalue weighted by Gasteiger charge is -2.08. The third-order valence-corrected chi connectivity index (χ3v) is 3.28. The monoisotopic (exact) mass is 243 g/mol. The van der Waals surface area contributed by atoms with Crippen LogP contribution in [0.25, 0.3) is 11.0 Å². The Bertz CT molecular complexity index is 568. The predicted molar refractivity (Wildman–Crippen MR) is 71.0 cm³/mol. The van der Waals surface area contributed by atoms with Crippen molar-refractivity contribution in [3.63, 3.8) is 0 Å². The van der Waals surface area contributed by atoms with E-state index in [1.807, 2.05) is 6.92 Å². The van der Waals surface area contributed by atoms with Gasteiger partial charge in [0.2, 0.25) is 5.88 Å². The number of nitrogens with one attached hydrogen (secondary N) is 1. The van der Waals surface area contributed by atoms with E-state index in [9.17, 15) is 0 Å². The number of benzene rings is 1. The zero-order valence-electron chi connectivity index (χ0n) is 10.6. The van der Waals surface area contributed by atoms with Crippen LogP contribution >= 0.6 is 0 Å². The van der Waals surface area contributed by atoms with Crippen LogP contribution < -0.4 is 10.1 Å². The minimum absolute atomic E-state index is 0.608. The summed E-state index contributed by atoms with van der Waals surface area (Å²) in [7, 11) is 0. The highest BCUT2D eigenvalue weighted by molar-refractivity contribution is 5.76. The minimum atomic E-state index is 0.608. The van der Waals surface area contributed by atoms with Crippen LogP contribution in [0.3, 0.4) is 0 Å². The SMILES string of the molecule is CCOc1cnc2cc3c(cc2n1)CCNCC3. The van der Waals surface area contributed by atoms with Crippen LogP contribution in [0.5, 0.6) is 5.88 Å². The fraction of sp³-hybridized carbons (Fsp3) is 0.429. The third-order valence-electron chi connectivity index (χ3n) is 3.28. The van der Waals surface area contributed by atoms with Crippen LogP contribution in [0, 0.1) is 0 Å². The number of fused-ring (bicyclic) bond motifs is 2. The highest BCUT2D eigenvalue weighted by Gasteiger charge is 2.10. The molecule has 2 heterocycles. The highest BCUT2D eigenvalue weighted by atomic mass is 16.5. The molecular weight excluding hydrogens is 226 g/mol. The zero-order valence-corrected chi connectivity index (χ0v) is 10.6. The Kier molecular flexibility index (Phi) is 3.11. The predicted octanol–water partition coefficient (Wildman–Crippen LogP) is 1.72. The van der Waals surface area contributed by atoms with Crippen molar-refractivity contribution in [3.05, 3.63) is 29.5 Å². The maximum Gasteiger partial charge on any atom is 0.232 e. The van der Waals surface area contributed by atoms with Gasteiger partial charge < -0.3 is 10.1 Å². The number of nitrogens with zero attached hydrogens (tertiary/aromatic N) is 2. The highest BCUT2D eigenvalue weighted by Crippen LogP contribution is 2.21. The molecule has 0 spiro atoms. The summed E-state index contributed by atoms with van der Waals surface area (Å²) in [5.74, 6) is 0.608. The van der Waals surface area contributed by atoms with E-state index in [4.69, 9.17) is 4.74 Å². The topological polar surface area (TPSA) is 47.0 Å². The van der Waals surface area contributed by atoms with Gasteiger partial charge in [-0.1, -0.05) is 0 Å². The Morgan fingerprint density at radius 1 is 1.17 bits per heavy atom. The van der Waals surface area contributed by atoms with Crippen molar-refractivity contribution >= 4 is 11.0 Å². The summed E-state index contributed by atoms with van der Waals surface area (Å²) in [6.07, 6.45) is 3.83. The molecule has 0 bridgehead atoms. The first-order valence-corrected chi connectivity index (χ1v) is 6.49. The second-order valence-electron chi connectivity index (χ2n) is 4.50. The average molecular weight is 243 g/mol. The molecule has 18 heavy (non-hydrogen) atoms. The van der Waals surface area contributed by atoms with Gasteiger partial charge in [0.05, 0.1) is 23.8 Å². The summed E-state index contributed by atoms with van der Waals surface area (Å²) in [4.78, 5) is 8.93. The molecule has 0 saturated heterocycles. The fourth-order valence-corrected chi connectivity index (χ4v) is 2.38. The van der Waals surface area contributed by atoms with Gasteiger partial charge >= 0.3 is 0 Å². The molecule has 0 saturated carbocycles. The maximum atomic E-state index is 5.40. The standard InChI is InChI=1S/C14H17N3O/c1-2-18-14-9-16-12-7-10-3-5-15-6-4-11(10)8-13(12)17-14/h7-9,15H,2-6H2,1H3. The summed E-state index contributed by atoms with van der Waals surface area (Å²) >= 11 is 0. The smallest absolute Gasteiger partial charge is 0.232 e. The lowest BCUT2D eigenvalue weighted by Crippen LogP contribution is -2.16. The number of rotatable bonds is 2. The van der Waals surface area contributed by atoms with Gasteiger partial charge in [-0.3, -0.25) is 0 Å². The fourth-order valence-electron chi connectivity index (χ4n) is 2.38. The Labute approximate surface area is 106 Å². The van der Waals surface area contributed by atoms with Crippen LogP contribution in [0.2, 0.25) is 0 Å². The van der Waals surface area contributed by atoms with E-state index in [0.29, 0.717) is 12.5 Å². The van der Waals surface area contributed by atoms with Gasteiger partial charge in [-0.15, -0.1) is 0 Å². The van der Waals surface area contributed by atoms with Crippen LogP contribution in [0.4, 0.5) is 0 Å². The van der Waals surface area contributed by atoms with Crippen molar-refractivity contribution < 1.29 is 4.74 Å². The van der Waals surface area contributed by atoms with Crippen LogP contribution in [-0.2, 0) is 12.8 Å². The van der Waals surface area contributed by atoms with Crippen LogP contribution in [0.15, 0.2) is 18.3 Å². The third kappa shape index (κ3) is 2.16. The summed E-state index contributed by atoms with van der Waals surface area (Å²) in [6.45, 7) is 4.66. The molecule has 0 aliphatic carbocycles. The summed E-state index contributed by atoms with van der Waals surface area (Å²) in [6, 6.07) is 4.33. The van der Waals surface area contributed by atoms with Gasteiger partial charge in [0.25, 0.3) is 0 Å². The van der Waals surface area contributed by atoms with Crippen molar-refractivity contribution in [2.75, 3.05) is 19.7 Å². The Balaban J connectivity index is 2.07. The van der Waals surface area contributed by atoms with Gasteiger partial charge in [-0.2, -0.15) is 0 Å². The average Bonchev–Trinajstić information content (AvgIpc) is 2.61. The molecule has 4 heteroatoms. The van der Waals surface area contributed by atoms with E-state index in [1.54, 1.807) is 6.20 Å². The Hall–Kier alpha value is -1.68. The molecule has 3 rings (SSSR count). The molecule has 1 N–H and O–H groups in total. The molecule has 1 aromatic heterocycles. The van der Waals surface area contributed by atoms with E-state index in [1.165, 1.54) is 11.1 Å². The maximum absolute atomic E-state index is 5.40. The van der Waals surface area contributed by atoms with Crippen molar-refractivity contribution in [1.29, 1.82) is 0 Å². The Morgan fingerprint density at radius 3 is 2.61 bits per heavy atom. The molecule has 0 atom stereocenters. The van der Waals surface area contributed by atoms with Crippen molar-refractivity contribution in [3.8, 4) is 5.88 Å². The molecule has 0 radical (unpaired) electrons. The normalized spacial score (nSPS) is 15.2. The molecule has 94 valence electrons. The summed E-state index contributed by atoms with van der Waals surface area (Å²) in [5, 5.41) is 3.41. The molecular formula is C14H17N3O. The summed E-state index contributed by atoms with van der Waals surface area (Å²) in [5.41, 5.74) is 4.67. The molecule has 0 amide bonds. The molecule has 4 nitrogen and oxygen atoms in total. The molecule has 0 fully saturated rings. The van der Waals surface area contributed by atoms with Crippen LogP contribution in [-0.4, -0.2) is 29.7 Å². The van der Waals surface area contributed by atoms with E-state index < -0.39 is 0 Å². The van der Waals surface area contributed by atoms with E-state index >= 15 is 0 Å². The lowest BCUT2D eigenvalue weighted by atomic mass is 10.0. The molecule has 0 unspecified atom stereocenters. The zero-order chi connectivity index (χ0) is 12.4. The second-order valence-corrected chi connectivity index (χ2v) is 4.50. The second kappa shape index (κ2) is 4.90. The minimum Gasteiger partial charge on any atom is -0.477 e. The van der Waals surface area contributed by atoms with Gasteiger partial charge in [0.15, 0.2) is 0 Å². The van der Waals surface area contributed by atoms with E-state index in [-0.39, 0.29) is 0 Å². The largest absolute Gasteiger partial charge is 0.477 e. The van der Waals surface area contributed by atoms with Crippen LogP contribution in [0.1, 0.15) is 18.1 Å². The van der Waals surface area contributed by atoms with Gasteiger partial charge in [0, 0.05) is 0 Å². The van der Waals surface area contributed by atoms with Gasteiger partial charge in [-0.25, -0.2) is 9.97 Å². The number of hydrogen-bond donors (Lipinski definition) is 1. The van der Waals surface area contributed by atoms with E-state index in [0.717, 1.165) is 37.0 Å². The van der Waals surface area contributed by atoms with Crippen molar-refractivity contribution in [2.45, 2.75) is 19.8 Å². The number of ether oxygens (including phenoxy) is 1. The molecule has 1 aliphatic rings. The first kappa shape index (κ1) is 11.4. The summed E-state index contributed by atoms with van der Waals surface area (Å²) < 4.78 is 5.40. The number of aromatic nitrogens is 2. The molecule has 2 aromatic rings. The molecule has 1 aliphatic heterocycles. The first-order chi connectivity index (χ1) is 8.86. The van der Waals surface area contributed by atoms with Crippen molar-refractivity contribution in [1.82, 2.24) is 15.3 Å². The first-order valence-electron chi connectivity index (χ1n) is 6.49.